The van der Waals surface area contributed by atoms with E-state index in [1.807, 2.05) is 19.1 Å². The van der Waals surface area contributed by atoms with Crippen LogP contribution < -0.4 is 4.74 Å². The summed E-state index contributed by atoms with van der Waals surface area (Å²) in [5.74, 6) is 0.829. The summed E-state index contributed by atoms with van der Waals surface area (Å²) < 4.78 is 5.23. The van der Waals surface area contributed by atoms with Gasteiger partial charge in [0.1, 0.15) is 5.75 Å². The van der Waals surface area contributed by atoms with Crippen LogP contribution in [-0.2, 0) is 0 Å². The van der Waals surface area contributed by atoms with Crippen molar-refractivity contribution in [1.82, 2.24) is 9.97 Å². The highest BCUT2D eigenvalue weighted by Gasteiger charge is 2.02. The second-order valence-corrected chi connectivity index (χ2v) is 2.86. The second kappa shape index (κ2) is 3.01. The Morgan fingerprint density at radius 3 is 3.00 bits per heavy atom. The fourth-order valence-corrected chi connectivity index (χ4v) is 1.33. The molecular weight excluding hydrogens is 164 g/mol. The van der Waals surface area contributed by atoms with Crippen LogP contribution in [0.15, 0.2) is 24.5 Å². The normalized spacial score (nSPS) is 10.3. The maximum Gasteiger partial charge on any atom is 0.131 e. The summed E-state index contributed by atoms with van der Waals surface area (Å²) in [5.41, 5.74) is 1.88. The van der Waals surface area contributed by atoms with Gasteiger partial charge in [0.25, 0.3) is 0 Å². The molecule has 2 heterocycles. The van der Waals surface area contributed by atoms with E-state index in [9.17, 15) is 0 Å². The minimum absolute atomic E-state index is 0.829. The average Bonchev–Trinajstić information content (AvgIpc) is 2.16. The molecule has 0 aromatic carbocycles. The van der Waals surface area contributed by atoms with Gasteiger partial charge in [0.15, 0.2) is 0 Å². The summed E-state index contributed by atoms with van der Waals surface area (Å²) in [4.78, 5) is 8.40. The monoisotopic (exact) mass is 174 g/mol. The zero-order valence-electron chi connectivity index (χ0n) is 7.61. The van der Waals surface area contributed by atoms with Crippen LogP contribution in [0.25, 0.3) is 10.9 Å². The molecule has 0 spiro atoms. The summed E-state index contributed by atoms with van der Waals surface area (Å²) in [7, 11) is 1.65. The molecule has 0 N–H and O–H groups in total. The Kier molecular flexibility index (Phi) is 1.85. The number of fused-ring (bicyclic) bond motifs is 1. The Morgan fingerprint density at radius 1 is 1.38 bits per heavy atom. The number of aryl methyl sites for hydroxylation is 1. The van der Waals surface area contributed by atoms with E-state index >= 15 is 0 Å². The van der Waals surface area contributed by atoms with E-state index in [1.165, 1.54) is 0 Å². The third kappa shape index (κ3) is 1.33. The fraction of sp³-hybridized carbons (Fsp3) is 0.200. The number of methoxy groups -OCH3 is 1. The third-order valence-corrected chi connectivity index (χ3v) is 1.92. The Bertz CT molecular complexity index is 440. The van der Waals surface area contributed by atoms with Crippen LogP contribution in [-0.4, -0.2) is 17.1 Å². The van der Waals surface area contributed by atoms with Gasteiger partial charge in [-0.3, -0.25) is 9.97 Å². The van der Waals surface area contributed by atoms with Crippen molar-refractivity contribution in [1.29, 1.82) is 0 Å². The van der Waals surface area contributed by atoms with Gasteiger partial charge in [0, 0.05) is 24.2 Å². The summed E-state index contributed by atoms with van der Waals surface area (Å²) in [6, 6.07) is 3.79. The van der Waals surface area contributed by atoms with Crippen LogP contribution in [0.3, 0.4) is 0 Å². The van der Waals surface area contributed by atoms with Crippen LogP contribution in [0.2, 0.25) is 0 Å². The van der Waals surface area contributed by atoms with Crippen molar-refractivity contribution in [3.05, 3.63) is 30.2 Å². The molecule has 3 heteroatoms. The first-order valence-corrected chi connectivity index (χ1v) is 4.06. The molecule has 13 heavy (non-hydrogen) atoms. The minimum atomic E-state index is 0.829. The first-order valence-electron chi connectivity index (χ1n) is 4.06. The first-order chi connectivity index (χ1) is 6.31. The predicted molar refractivity (Wildman–Crippen MR) is 50.8 cm³/mol. The Labute approximate surface area is 76.4 Å². The second-order valence-electron chi connectivity index (χ2n) is 2.86. The molecule has 0 atom stereocenters. The Morgan fingerprint density at radius 2 is 2.23 bits per heavy atom. The van der Waals surface area contributed by atoms with Crippen molar-refractivity contribution in [2.75, 3.05) is 7.11 Å². The molecule has 0 fully saturated rings. The zero-order valence-corrected chi connectivity index (χ0v) is 7.61. The molecule has 0 aliphatic carbocycles. The van der Waals surface area contributed by atoms with Crippen molar-refractivity contribution in [3.8, 4) is 5.75 Å². The van der Waals surface area contributed by atoms with E-state index < -0.39 is 0 Å². The van der Waals surface area contributed by atoms with Crippen LogP contribution in [0, 0.1) is 6.92 Å². The molecule has 2 rings (SSSR count). The van der Waals surface area contributed by atoms with Crippen molar-refractivity contribution >= 4 is 10.9 Å². The lowest BCUT2D eigenvalue weighted by molar-refractivity contribution is 0.419. The molecule has 0 unspecified atom stereocenters. The number of hydrogen-bond donors (Lipinski definition) is 0. The van der Waals surface area contributed by atoms with Gasteiger partial charge >= 0.3 is 0 Å². The molecule has 0 aliphatic rings. The topological polar surface area (TPSA) is 35.0 Å². The summed E-state index contributed by atoms with van der Waals surface area (Å²) >= 11 is 0. The number of hydrogen-bond acceptors (Lipinski definition) is 3. The molecule has 2 aromatic heterocycles. The Hall–Kier alpha value is -1.64. The summed E-state index contributed by atoms with van der Waals surface area (Å²) in [5, 5.41) is 0.954. The van der Waals surface area contributed by atoms with Crippen molar-refractivity contribution < 1.29 is 4.74 Å². The molecule has 66 valence electrons. The lowest BCUT2D eigenvalue weighted by Crippen LogP contribution is -1.90. The summed E-state index contributed by atoms with van der Waals surface area (Å²) in [6.45, 7) is 1.95. The van der Waals surface area contributed by atoms with Gasteiger partial charge in [0.05, 0.1) is 18.0 Å². The number of pyridine rings is 2. The molecule has 0 radical (unpaired) electrons. The van der Waals surface area contributed by atoms with Crippen molar-refractivity contribution in [2.24, 2.45) is 0 Å². The van der Waals surface area contributed by atoms with Crippen LogP contribution >= 0.6 is 0 Å². The maximum atomic E-state index is 5.23. The fourth-order valence-electron chi connectivity index (χ4n) is 1.33. The van der Waals surface area contributed by atoms with Gasteiger partial charge in [-0.05, 0) is 13.0 Å². The minimum Gasteiger partial charge on any atom is -0.496 e. The number of ether oxygens (including phenoxy) is 1. The van der Waals surface area contributed by atoms with Crippen LogP contribution in [0.4, 0.5) is 0 Å². The van der Waals surface area contributed by atoms with Gasteiger partial charge in [-0.25, -0.2) is 0 Å². The maximum absolute atomic E-state index is 5.23. The predicted octanol–water partition coefficient (Wildman–Crippen LogP) is 1.95. The third-order valence-electron chi connectivity index (χ3n) is 1.92. The van der Waals surface area contributed by atoms with Gasteiger partial charge in [0.2, 0.25) is 0 Å². The molecule has 0 saturated heterocycles. The van der Waals surface area contributed by atoms with Crippen LogP contribution in [0.1, 0.15) is 5.69 Å². The molecular formula is C10H10N2O. The van der Waals surface area contributed by atoms with Crippen molar-refractivity contribution in [3.63, 3.8) is 0 Å². The van der Waals surface area contributed by atoms with E-state index in [2.05, 4.69) is 9.97 Å². The average molecular weight is 174 g/mol. The molecule has 0 saturated carbocycles. The molecule has 0 aliphatic heterocycles. The molecule has 0 amide bonds. The standard InChI is InChI=1S/C10H10N2O/c1-7-5-10(13-2)8-6-11-4-3-9(8)12-7/h3-6H,1-2H3. The van der Waals surface area contributed by atoms with E-state index in [-0.39, 0.29) is 0 Å². The molecule has 0 bridgehead atoms. The lowest BCUT2D eigenvalue weighted by atomic mass is 10.2. The van der Waals surface area contributed by atoms with E-state index in [0.717, 1.165) is 22.3 Å². The first kappa shape index (κ1) is 7.98. The highest BCUT2D eigenvalue weighted by Crippen LogP contribution is 2.23. The van der Waals surface area contributed by atoms with Crippen LogP contribution in [0.5, 0.6) is 5.75 Å². The largest absolute Gasteiger partial charge is 0.496 e. The summed E-state index contributed by atoms with van der Waals surface area (Å²) in [6.07, 6.45) is 3.49. The van der Waals surface area contributed by atoms with Gasteiger partial charge < -0.3 is 4.74 Å². The molecule has 3 nitrogen and oxygen atoms in total. The molecule has 2 aromatic rings. The Balaban J connectivity index is 2.81. The van der Waals surface area contributed by atoms with E-state index in [0.29, 0.717) is 0 Å². The van der Waals surface area contributed by atoms with Gasteiger partial charge in [-0.2, -0.15) is 0 Å². The zero-order chi connectivity index (χ0) is 9.26. The van der Waals surface area contributed by atoms with Gasteiger partial charge in [-0.1, -0.05) is 0 Å². The van der Waals surface area contributed by atoms with Gasteiger partial charge in [-0.15, -0.1) is 0 Å². The van der Waals surface area contributed by atoms with E-state index in [1.54, 1.807) is 19.5 Å². The highest BCUT2D eigenvalue weighted by atomic mass is 16.5. The quantitative estimate of drug-likeness (QED) is 0.662. The highest BCUT2D eigenvalue weighted by molar-refractivity contribution is 5.84. The van der Waals surface area contributed by atoms with E-state index in [4.69, 9.17) is 4.74 Å². The number of nitrogens with zero attached hydrogens (tertiary/aromatic N) is 2. The van der Waals surface area contributed by atoms with Crippen molar-refractivity contribution in [2.45, 2.75) is 6.92 Å². The lowest BCUT2D eigenvalue weighted by Gasteiger charge is -2.04. The smallest absolute Gasteiger partial charge is 0.131 e. The number of aromatic nitrogens is 2. The number of rotatable bonds is 1. The SMILES string of the molecule is COc1cc(C)nc2ccncc12.